The third-order valence-corrected chi connectivity index (χ3v) is 6.44. The lowest BCUT2D eigenvalue weighted by Gasteiger charge is -2.32. The molecule has 4 rings (SSSR count). The molecule has 0 fully saturated rings. The number of thiophene rings is 1. The molecule has 144 valence electrons. The topological polar surface area (TPSA) is 59.9 Å². The Morgan fingerprint density at radius 1 is 1.19 bits per heavy atom. The summed E-state index contributed by atoms with van der Waals surface area (Å²) in [5.41, 5.74) is 4.53. The summed E-state index contributed by atoms with van der Waals surface area (Å²) >= 11 is 1.70. The van der Waals surface area contributed by atoms with Gasteiger partial charge in [0.15, 0.2) is 0 Å². The molecule has 0 saturated carbocycles. The van der Waals surface area contributed by atoms with E-state index in [0.717, 1.165) is 39.5 Å². The van der Waals surface area contributed by atoms with Crippen molar-refractivity contribution in [3.8, 4) is 0 Å². The van der Waals surface area contributed by atoms with Crippen LogP contribution in [-0.2, 0) is 17.8 Å². The summed E-state index contributed by atoms with van der Waals surface area (Å²) in [6, 6.07) is 0. The largest absolute Gasteiger partial charge is 0.370 e. The fraction of sp³-hybridized carbons (Fsp3) is 0.571. The standard InChI is InChI=1S/C21H28N4OS/c1-5-6-7-8-9-22-19-18-17(23-12-24-19)16-14-10-21(3,4)26-11-15(14)13(2)25-20(16)27-18/h12H,5-11H2,1-4H3,(H,22,23,24). The molecule has 6 heteroatoms. The maximum absolute atomic E-state index is 6.04. The van der Waals surface area contributed by atoms with Crippen molar-refractivity contribution >= 4 is 37.6 Å². The molecule has 5 nitrogen and oxygen atoms in total. The van der Waals surface area contributed by atoms with E-state index in [-0.39, 0.29) is 5.60 Å². The highest BCUT2D eigenvalue weighted by Gasteiger charge is 2.30. The number of rotatable bonds is 6. The number of aryl methyl sites for hydroxylation is 1. The van der Waals surface area contributed by atoms with Gasteiger partial charge in [0.25, 0.3) is 0 Å². The van der Waals surface area contributed by atoms with Crippen molar-refractivity contribution in [2.45, 2.75) is 72.0 Å². The summed E-state index contributed by atoms with van der Waals surface area (Å²) < 4.78 is 7.16. The number of hydrogen-bond donors (Lipinski definition) is 1. The minimum atomic E-state index is -0.157. The summed E-state index contributed by atoms with van der Waals surface area (Å²) in [5.74, 6) is 0.942. The van der Waals surface area contributed by atoms with Gasteiger partial charge in [-0.3, -0.25) is 0 Å². The molecule has 0 aromatic carbocycles. The molecule has 0 bridgehead atoms. The number of anilines is 1. The van der Waals surface area contributed by atoms with Gasteiger partial charge in [-0.15, -0.1) is 11.3 Å². The molecule has 1 aliphatic rings. The van der Waals surface area contributed by atoms with Crippen molar-refractivity contribution in [3.05, 3.63) is 23.1 Å². The van der Waals surface area contributed by atoms with Crippen molar-refractivity contribution in [2.75, 3.05) is 11.9 Å². The Morgan fingerprint density at radius 2 is 2.04 bits per heavy atom. The molecular formula is C21H28N4OS. The first kappa shape index (κ1) is 18.6. The molecule has 4 heterocycles. The quantitative estimate of drug-likeness (QED) is 0.577. The highest BCUT2D eigenvalue weighted by molar-refractivity contribution is 7.26. The van der Waals surface area contributed by atoms with E-state index in [2.05, 4.69) is 43.0 Å². The molecule has 0 aliphatic carbocycles. The molecule has 0 radical (unpaired) electrons. The Balaban J connectivity index is 1.77. The van der Waals surface area contributed by atoms with Crippen LogP contribution in [0.2, 0.25) is 0 Å². The predicted molar refractivity (Wildman–Crippen MR) is 113 cm³/mol. The van der Waals surface area contributed by atoms with E-state index < -0.39 is 0 Å². The third-order valence-electron chi connectivity index (χ3n) is 5.36. The van der Waals surface area contributed by atoms with Gasteiger partial charge in [0.2, 0.25) is 0 Å². The highest BCUT2D eigenvalue weighted by atomic mass is 32.1. The maximum Gasteiger partial charge on any atom is 0.147 e. The van der Waals surface area contributed by atoms with Crippen molar-refractivity contribution in [1.82, 2.24) is 15.0 Å². The van der Waals surface area contributed by atoms with Crippen molar-refractivity contribution in [3.63, 3.8) is 0 Å². The maximum atomic E-state index is 6.04. The number of ether oxygens (including phenoxy) is 1. The summed E-state index contributed by atoms with van der Waals surface area (Å²) in [4.78, 5) is 15.1. The number of unbranched alkanes of at least 4 members (excludes halogenated alkanes) is 3. The van der Waals surface area contributed by atoms with Gasteiger partial charge >= 0.3 is 0 Å². The van der Waals surface area contributed by atoms with E-state index >= 15 is 0 Å². The van der Waals surface area contributed by atoms with Gasteiger partial charge in [0.1, 0.15) is 17.0 Å². The van der Waals surface area contributed by atoms with Gasteiger partial charge in [0, 0.05) is 29.6 Å². The number of pyridine rings is 1. The molecule has 0 spiro atoms. The minimum absolute atomic E-state index is 0.157. The number of nitrogens with one attached hydrogen (secondary N) is 1. The average Bonchev–Trinajstić information content (AvgIpc) is 2.99. The van der Waals surface area contributed by atoms with Gasteiger partial charge in [-0.05, 0) is 32.8 Å². The van der Waals surface area contributed by atoms with Gasteiger partial charge in [0.05, 0.1) is 22.4 Å². The molecule has 1 aliphatic heterocycles. The summed E-state index contributed by atoms with van der Waals surface area (Å²) in [6.07, 6.45) is 7.54. The number of fused-ring (bicyclic) bond motifs is 5. The molecular weight excluding hydrogens is 356 g/mol. The Hall–Kier alpha value is -1.79. The summed E-state index contributed by atoms with van der Waals surface area (Å²) in [6.45, 7) is 10.2. The Kier molecular flexibility index (Phi) is 5.03. The van der Waals surface area contributed by atoms with Crippen LogP contribution in [0.15, 0.2) is 6.33 Å². The monoisotopic (exact) mass is 384 g/mol. The zero-order valence-electron chi connectivity index (χ0n) is 16.7. The van der Waals surface area contributed by atoms with Crippen molar-refractivity contribution in [2.24, 2.45) is 0 Å². The first-order valence-corrected chi connectivity index (χ1v) is 10.7. The van der Waals surface area contributed by atoms with E-state index in [1.54, 1.807) is 17.7 Å². The smallest absolute Gasteiger partial charge is 0.147 e. The number of aromatic nitrogens is 3. The zero-order chi connectivity index (χ0) is 19.0. The predicted octanol–water partition coefficient (Wildman–Crippen LogP) is 5.39. The van der Waals surface area contributed by atoms with Gasteiger partial charge in [-0.25, -0.2) is 15.0 Å². The molecule has 27 heavy (non-hydrogen) atoms. The second kappa shape index (κ2) is 7.32. The van der Waals surface area contributed by atoms with E-state index in [0.29, 0.717) is 6.61 Å². The fourth-order valence-corrected chi connectivity index (χ4v) is 5.02. The first-order valence-electron chi connectivity index (χ1n) is 9.93. The molecule has 0 amide bonds. The highest BCUT2D eigenvalue weighted by Crippen LogP contribution is 2.41. The van der Waals surface area contributed by atoms with Crippen LogP contribution in [0.1, 0.15) is 63.3 Å². The molecule has 0 unspecified atom stereocenters. The van der Waals surface area contributed by atoms with Crippen LogP contribution in [0.5, 0.6) is 0 Å². The van der Waals surface area contributed by atoms with Crippen LogP contribution in [0, 0.1) is 6.92 Å². The summed E-state index contributed by atoms with van der Waals surface area (Å²) in [7, 11) is 0. The molecule has 3 aromatic rings. The molecule has 0 saturated heterocycles. The third kappa shape index (κ3) is 3.52. The average molecular weight is 385 g/mol. The van der Waals surface area contributed by atoms with E-state index in [4.69, 9.17) is 9.72 Å². The van der Waals surface area contributed by atoms with Gasteiger partial charge in [-0.2, -0.15) is 0 Å². The Bertz CT molecular complexity index is 979. The first-order chi connectivity index (χ1) is 13.0. The van der Waals surface area contributed by atoms with Crippen LogP contribution in [-0.4, -0.2) is 27.1 Å². The molecule has 0 atom stereocenters. The Labute approximate surface area is 164 Å². The van der Waals surface area contributed by atoms with Crippen LogP contribution < -0.4 is 5.32 Å². The van der Waals surface area contributed by atoms with Crippen LogP contribution in [0.25, 0.3) is 20.4 Å². The van der Waals surface area contributed by atoms with Crippen molar-refractivity contribution < 1.29 is 4.74 Å². The minimum Gasteiger partial charge on any atom is -0.370 e. The number of hydrogen-bond acceptors (Lipinski definition) is 6. The van der Waals surface area contributed by atoms with Crippen molar-refractivity contribution in [1.29, 1.82) is 0 Å². The van der Waals surface area contributed by atoms with E-state index in [1.807, 2.05) is 0 Å². The summed E-state index contributed by atoms with van der Waals surface area (Å²) in [5, 5.41) is 4.72. The van der Waals surface area contributed by atoms with E-state index in [1.165, 1.54) is 42.2 Å². The molecule has 1 N–H and O–H groups in total. The number of nitrogens with zero attached hydrogens (tertiary/aromatic N) is 3. The van der Waals surface area contributed by atoms with Crippen LogP contribution in [0.3, 0.4) is 0 Å². The second-order valence-electron chi connectivity index (χ2n) is 8.05. The fourth-order valence-electron chi connectivity index (χ4n) is 3.85. The van der Waals surface area contributed by atoms with Crippen LogP contribution >= 0.6 is 11.3 Å². The molecule has 3 aromatic heterocycles. The van der Waals surface area contributed by atoms with Crippen LogP contribution in [0.4, 0.5) is 5.82 Å². The Morgan fingerprint density at radius 3 is 2.85 bits per heavy atom. The lowest BCUT2D eigenvalue weighted by molar-refractivity contribution is -0.0400. The normalized spacial score (nSPS) is 16.0. The zero-order valence-corrected chi connectivity index (χ0v) is 17.5. The van der Waals surface area contributed by atoms with Gasteiger partial charge < -0.3 is 10.1 Å². The lowest BCUT2D eigenvalue weighted by Crippen LogP contribution is -2.32. The SMILES string of the molecule is CCCCCCNc1ncnc2c1sc1nc(C)c3c(c12)CC(C)(C)OC3. The lowest BCUT2D eigenvalue weighted by atomic mass is 9.89. The van der Waals surface area contributed by atoms with Gasteiger partial charge in [-0.1, -0.05) is 26.2 Å². The van der Waals surface area contributed by atoms with E-state index in [9.17, 15) is 0 Å². The second-order valence-corrected chi connectivity index (χ2v) is 9.05.